The highest BCUT2D eigenvalue weighted by atomic mass is 79.9. The van der Waals surface area contributed by atoms with Crippen LogP contribution in [0, 0.1) is 0 Å². The average Bonchev–Trinajstić information content (AvgIpc) is 2.71. The van der Waals surface area contributed by atoms with Crippen molar-refractivity contribution >= 4 is 27.3 Å². The van der Waals surface area contributed by atoms with Gasteiger partial charge in [0.1, 0.15) is 9.61 Å². The van der Waals surface area contributed by atoms with Gasteiger partial charge in [-0.2, -0.15) is 0 Å². The fraction of sp³-hybridized carbons (Fsp3) is 0.250. The summed E-state index contributed by atoms with van der Waals surface area (Å²) in [7, 11) is 0. The lowest BCUT2D eigenvalue weighted by molar-refractivity contribution is 1.08. The van der Waals surface area contributed by atoms with E-state index in [9.17, 15) is 0 Å². The molecular formula is C12H13BrN2S. The van der Waals surface area contributed by atoms with Crippen LogP contribution in [0.5, 0.6) is 0 Å². The van der Waals surface area contributed by atoms with Crippen molar-refractivity contribution in [2.75, 3.05) is 0 Å². The number of hydrogen-bond acceptors (Lipinski definition) is 3. The van der Waals surface area contributed by atoms with Gasteiger partial charge in [0.05, 0.1) is 4.88 Å². The van der Waals surface area contributed by atoms with Crippen LogP contribution in [0.1, 0.15) is 17.4 Å². The summed E-state index contributed by atoms with van der Waals surface area (Å²) < 4.78 is 0.870. The Hall–Kier alpha value is -0.710. The van der Waals surface area contributed by atoms with Crippen molar-refractivity contribution in [1.82, 2.24) is 4.98 Å². The molecule has 2 aromatic rings. The quantitative estimate of drug-likeness (QED) is 0.940. The van der Waals surface area contributed by atoms with Crippen LogP contribution in [0.3, 0.4) is 0 Å². The number of hydrogen-bond donors (Lipinski definition) is 1. The van der Waals surface area contributed by atoms with Crippen LogP contribution in [-0.2, 0) is 13.0 Å². The molecule has 0 spiro atoms. The summed E-state index contributed by atoms with van der Waals surface area (Å²) in [6.45, 7) is 2.69. The van der Waals surface area contributed by atoms with E-state index in [1.54, 1.807) is 11.3 Å². The van der Waals surface area contributed by atoms with Crippen LogP contribution in [0.2, 0.25) is 0 Å². The Morgan fingerprint density at radius 3 is 2.50 bits per heavy atom. The number of thiazole rings is 1. The number of nitrogens with zero attached hydrogens (tertiary/aromatic N) is 1. The van der Waals surface area contributed by atoms with Crippen molar-refractivity contribution in [1.29, 1.82) is 0 Å². The molecular weight excluding hydrogens is 284 g/mol. The summed E-state index contributed by atoms with van der Waals surface area (Å²) in [6.07, 6.45) is 1.07. The molecule has 1 heterocycles. The van der Waals surface area contributed by atoms with E-state index in [1.165, 1.54) is 5.56 Å². The Morgan fingerprint density at radius 1 is 1.31 bits per heavy atom. The first-order valence-corrected chi connectivity index (χ1v) is 6.80. The van der Waals surface area contributed by atoms with Gasteiger partial charge >= 0.3 is 0 Å². The minimum absolute atomic E-state index is 0.533. The molecule has 4 heteroatoms. The topological polar surface area (TPSA) is 38.9 Å². The molecule has 0 amide bonds. The van der Waals surface area contributed by atoms with Gasteiger partial charge in [0, 0.05) is 12.1 Å². The smallest absolute Gasteiger partial charge is 0.124 e. The predicted molar refractivity (Wildman–Crippen MR) is 72.5 cm³/mol. The highest BCUT2D eigenvalue weighted by Crippen LogP contribution is 2.30. The number of benzene rings is 1. The highest BCUT2D eigenvalue weighted by Gasteiger charge is 2.08. The lowest BCUT2D eigenvalue weighted by Crippen LogP contribution is -1.92. The molecule has 0 aliphatic heterocycles. The van der Waals surface area contributed by atoms with E-state index >= 15 is 0 Å². The minimum atomic E-state index is 0.533. The fourth-order valence-corrected chi connectivity index (χ4v) is 3.00. The number of rotatable bonds is 3. The highest BCUT2D eigenvalue weighted by molar-refractivity contribution is 9.10. The largest absolute Gasteiger partial charge is 0.326 e. The zero-order valence-electron chi connectivity index (χ0n) is 9.03. The zero-order valence-corrected chi connectivity index (χ0v) is 11.4. The van der Waals surface area contributed by atoms with Gasteiger partial charge in [0.25, 0.3) is 0 Å². The predicted octanol–water partition coefficient (Wildman–Crippen LogP) is 3.59. The van der Waals surface area contributed by atoms with Gasteiger partial charge < -0.3 is 5.73 Å². The first kappa shape index (κ1) is 11.8. The van der Waals surface area contributed by atoms with E-state index in [0.29, 0.717) is 6.54 Å². The maximum absolute atomic E-state index is 5.63. The summed E-state index contributed by atoms with van der Waals surface area (Å²) in [6, 6.07) is 8.52. The Morgan fingerprint density at radius 2 is 2.00 bits per heavy atom. The standard InChI is InChI=1S/C12H13BrN2S/c1-2-8-3-5-9(6-4-8)12-15-11(13)10(7-14)16-12/h3-6H,2,7,14H2,1H3. The normalized spacial score (nSPS) is 10.7. The molecule has 1 aromatic carbocycles. The molecule has 0 radical (unpaired) electrons. The van der Waals surface area contributed by atoms with Gasteiger partial charge in [0.15, 0.2) is 0 Å². The molecule has 0 saturated heterocycles. The van der Waals surface area contributed by atoms with Crippen LogP contribution in [-0.4, -0.2) is 4.98 Å². The summed E-state index contributed by atoms with van der Waals surface area (Å²) in [4.78, 5) is 5.55. The van der Waals surface area contributed by atoms with Crippen LogP contribution in [0.25, 0.3) is 10.6 Å². The lowest BCUT2D eigenvalue weighted by Gasteiger charge is -1.98. The SMILES string of the molecule is CCc1ccc(-c2nc(Br)c(CN)s2)cc1. The van der Waals surface area contributed by atoms with Crippen molar-refractivity contribution in [3.8, 4) is 10.6 Å². The number of aryl methyl sites for hydroxylation is 1. The molecule has 0 fully saturated rings. The van der Waals surface area contributed by atoms with Crippen LogP contribution >= 0.6 is 27.3 Å². The van der Waals surface area contributed by atoms with Crippen LogP contribution in [0.15, 0.2) is 28.9 Å². The third-order valence-corrected chi connectivity index (χ3v) is 4.49. The monoisotopic (exact) mass is 296 g/mol. The number of nitrogens with two attached hydrogens (primary N) is 1. The second kappa shape index (κ2) is 5.08. The van der Waals surface area contributed by atoms with Crippen molar-refractivity contribution in [3.05, 3.63) is 39.3 Å². The molecule has 2 nitrogen and oxygen atoms in total. The molecule has 0 atom stereocenters. The van der Waals surface area contributed by atoms with Gasteiger partial charge in [-0.25, -0.2) is 4.98 Å². The first-order chi connectivity index (χ1) is 7.74. The van der Waals surface area contributed by atoms with Crippen molar-refractivity contribution in [3.63, 3.8) is 0 Å². The van der Waals surface area contributed by atoms with Crippen LogP contribution in [0.4, 0.5) is 0 Å². The summed E-state index contributed by atoms with van der Waals surface area (Å²) in [5.74, 6) is 0. The fourth-order valence-electron chi connectivity index (χ4n) is 1.47. The van der Waals surface area contributed by atoms with Crippen LogP contribution < -0.4 is 5.73 Å². The lowest BCUT2D eigenvalue weighted by atomic mass is 10.1. The minimum Gasteiger partial charge on any atom is -0.326 e. The Kier molecular flexibility index (Phi) is 3.74. The van der Waals surface area contributed by atoms with Crippen molar-refractivity contribution in [2.45, 2.75) is 19.9 Å². The van der Waals surface area contributed by atoms with E-state index in [2.05, 4.69) is 52.1 Å². The van der Waals surface area contributed by atoms with Gasteiger partial charge in [-0.1, -0.05) is 31.2 Å². The van der Waals surface area contributed by atoms with Gasteiger partial charge in [0.2, 0.25) is 0 Å². The maximum Gasteiger partial charge on any atom is 0.124 e. The summed E-state index contributed by atoms with van der Waals surface area (Å²) in [5.41, 5.74) is 8.13. The Balaban J connectivity index is 2.34. The van der Waals surface area contributed by atoms with E-state index in [1.807, 2.05) is 0 Å². The molecule has 0 saturated carbocycles. The molecule has 0 aliphatic carbocycles. The molecule has 84 valence electrons. The average molecular weight is 297 g/mol. The third kappa shape index (κ3) is 2.34. The molecule has 2 rings (SSSR count). The Labute approximate surface area is 108 Å². The first-order valence-electron chi connectivity index (χ1n) is 5.19. The molecule has 2 N–H and O–H groups in total. The second-order valence-electron chi connectivity index (χ2n) is 3.49. The molecule has 0 unspecified atom stereocenters. The zero-order chi connectivity index (χ0) is 11.5. The number of halogens is 1. The van der Waals surface area contributed by atoms with Crippen molar-refractivity contribution in [2.24, 2.45) is 5.73 Å². The molecule has 16 heavy (non-hydrogen) atoms. The van der Waals surface area contributed by atoms with Gasteiger partial charge in [-0.15, -0.1) is 11.3 Å². The third-order valence-electron chi connectivity index (χ3n) is 2.44. The Bertz CT molecular complexity index is 476. The number of aromatic nitrogens is 1. The van der Waals surface area contributed by atoms with E-state index < -0.39 is 0 Å². The second-order valence-corrected chi connectivity index (χ2v) is 5.32. The summed E-state index contributed by atoms with van der Waals surface area (Å²) in [5, 5.41) is 1.02. The van der Waals surface area contributed by atoms with E-state index in [4.69, 9.17) is 5.73 Å². The van der Waals surface area contributed by atoms with Gasteiger partial charge in [-0.3, -0.25) is 0 Å². The molecule has 1 aromatic heterocycles. The molecule has 0 bridgehead atoms. The van der Waals surface area contributed by atoms with Crippen molar-refractivity contribution < 1.29 is 0 Å². The molecule has 0 aliphatic rings. The van der Waals surface area contributed by atoms with E-state index in [0.717, 1.165) is 26.5 Å². The van der Waals surface area contributed by atoms with Gasteiger partial charge in [-0.05, 0) is 27.9 Å². The van der Waals surface area contributed by atoms with E-state index in [-0.39, 0.29) is 0 Å². The summed E-state index contributed by atoms with van der Waals surface area (Å²) >= 11 is 5.07. The maximum atomic E-state index is 5.63.